The summed E-state index contributed by atoms with van der Waals surface area (Å²) >= 11 is 0. The summed E-state index contributed by atoms with van der Waals surface area (Å²) < 4.78 is 3.26. The molecule has 2 N–H and O–H groups in total. The minimum absolute atomic E-state index is 0.0929. The lowest BCUT2D eigenvalue weighted by molar-refractivity contribution is -0.115. The molecule has 0 saturated carbocycles. The van der Waals surface area contributed by atoms with Crippen molar-refractivity contribution < 1.29 is 4.79 Å². The number of nitrogens with zero attached hydrogens (tertiary/aromatic N) is 3. The van der Waals surface area contributed by atoms with Gasteiger partial charge in [0.2, 0.25) is 5.91 Å². The van der Waals surface area contributed by atoms with Crippen LogP contribution in [-0.4, -0.2) is 26.8 Å². The molecule has 0 spiro atoms. The fraction of sp³-hybridized carbons (Fsp3) is 0.211. The van der Waals surface area contributed by atoms with Crippen molar-refractivity contribution in [3.63, 3.8) is 0 Å². The molecule has 2 aromatic heterocycles. The molecule has 2 heterocycles. The Labute approximate surface area is 151 Å². The van der Waals surface area contributed by atoms with Gasteiger partial charge in [-0.3, -0.25) is 19.3 Å². The van der Waals surface area contributed by atoms with Gasteiger partial charge in [0.05, 0.1) is 23.6 Å². The molecule has 0 bridgehead atoms. The molecule has 134 valence electrons. The average molecular weight is 351 g/mol. The standard InChI is InChI=1S/C19H21N5O2/c1-14-18(19(26)24(23(14)2)16-9-4-3-5-10-16)22-17(25)13-20-12-15-8-6-7-11-21-15/h3-11,20H,12-13H2,1-2H3,(H,22,25). The number of para-hydroxylation sites is 1. The maximum absolute atomic E-state index is 12.7. The fourth-order valence-corrected chi connectivity index (χ4v) is 2.70. The molecule has 0 aliphatic carbocycles. The van der Waals surface area contributed by atoms with Gasteiger partial charge in [0.25, 0.3) is 5.56 Å². The van der Waals surface area contributed by atoms with Gasteiger partial charge in [-0.1, -0.05) is 24.3 Å². The number of benzene rings is 1. The predicted molar refractivity (Wildman–Crippen MR) is 100 cm³/mol. The summed E-state index contributed by atoms with van der Waals surface area (Å²) in [5.41, 5.74) is 2.33. The SMILES string of the molecule is Cc1c(NC(=O)CNCc2ccccn2)c(=O)n(-c2ccccc2)n1C. The third kappa shape index (κ3) is 3.73. The highest BCUT2D eigenvalue weighted by atomic mass is 16.2. The fourth-order valence-electron chi connectivity index (χ4n) is 2.70. The lowest BCUT2D eigenvalue weighted by Gasteiger charge is -2.07. The summed E-state index contributed by atoms with van der Waals surface area (Å²) in [7, 11) is 1.79. The molecule has 26 heavy (non-hydrogen) atoms. The van der Waals surface area contributed by atoms with E-state index in [4.69, 9.17) is 0 Å². The van der Waals surface area contributed by atoms with Crippen molar-refractivity contribution in [1.82, 2.24) is 19.7 Å². The topological polar surface area (TPSA) is 81.0 Å². The third-order valence-corrected chi connectivity index (χ3v) is 4.14. The first-order valence-electron chi connectivity index (χ1n) is 8.32. The lowest BCUT2D eigenvalue weighted by atomic mass is 10.3. The van der Waals surface area contributed by atoms with Crippen molar-refractivity contribution in [3.05, 3.63) is 76.5 Å². The number of aromatic nitrogens is 3. The second-order valence-corrected chi connectivity index (χ2v) is 5.91. The van der Waals surface area contributed by atoms with E-state index in [0.29, 0.717) is 17.9 Å². The van der Waals surface area contributed by atoms with E-state index in [9.17, 15) is 9.59 Å². The summed E-state index contributed by atoms with van der Waals surface area (Å²) in [6, 6.07) is 14.9. The van der Waals surface area contributed by atoms with Gasteiger partial charge in [0.15, 0.2) is 0 Å². The van der Waals surface area contributed by atoms with Crippen LogP contribution in [0.1, 0.15) is 11.4 Å². The maximum Gasteiger partial charge on any atom is 0.295 e. The molecule has 3 rings (SSSR count). The van der Waals surface area contributed by atoms with Crippen LogP contribution in [0.25, 0.3) is 5.69 Å². The van der Waals surface area contributed by atoms with Gasteiger partial charge >= 0.3 is 0 Å². The summed E-state index contributed by atoms with van der Waals surface area (Å²) in [5, 5.41) is 5.74. The predicted octanol–water partition coefficient (Wildman–Crippen LogP) is 1.61. The maximum atomic E-state index is 12.7. The Morgan fingerprint density at radius 1 is 1.12 bits per heavy atom. The van der Waals surface area contributed by atoms with Crippen molar-refractivity contribution in [2.24, 2.45) is 7.05 Å². The van der Waals surface area contributed by atoms with Gasteiger partial charge < -0.3 is 10.6 Å². The third-order valence-electron chi connectivity index (χ3n) is 4.14. The second-order valence-electron chi connectivity index (χ2n) is 5.91. The van der Waals surface area contributed by atoms with Crippen molar-refractivity contribution in [2.45, 2.75) is 13.5 Å². The van der Waals surface area contributed by atoms with Crippen molar-refractivity contribution >= 4 is 11.6 Å². The quantitative estimate of drug-likeness (QED) is 0.707. The van der Waals surface area contributed by atoms with E-state index in [-0.39, 0.29) is 18.0 Å². The minimum atomic E-state index is -0.271. The van der Waals surface area contributed by atoms with E-state index >= 15 is 0 Å². The van der Waals surface area contributed by atoms with Crippen LogP contribution in [-0.2, 0) is 18.4 Å². The first kappa shape index (κ1) is 17.6. The molecule has 1 amide bonds. The van der Waals surface area contributed by atoms with Crippen LogP contribution in [0.5, 0.6) is 0 Å². The molecule has 7 nitrogen and oxygen atoms in total. The van der Waals surface area contributed by atoms with E-state index < -0.39 is 0 Å². The van der Waals surface area contributed by atoms with Crippen LogP contribution in [0.2, 0.25) is 0 Å². The van der Waals surface area contributed by atoms with E-state index in [1.807, 2.05) is 48.5 Å². The zero-order valence-electron chi connectivity index (χ0n) is 14.8. The lowest BCUT2D eigenvalue weighted by Crippen LogP contribution is -2.30. The van der Waals surface area contributed by atoms with Gasteiger partial charge in [-0.2, -0.15) is 0 Å². The van der Waals surface area contributed by atoms with E-state index in [1.165, 1.54) is 4.68 Å². The molecule has 0 aliphatic heterocycles. The highest BCUT2D eigenvalue weighted by Crippen LogP contribution is 2.13. The van der Waals surface area contributed by atoms with Gasteiger partial charge in [0.1, 0.15) is 5.69 Å². The summed E-state index contributed by atoms with van der Waals surface area (Å²) in [4.78, 5) is 29.1. The number of pyridine rings is 1. The molecule has 7 heteroatoms. The van der Waals surface area contributed by atoms with Crippen molar-refractivity contribution in [2.75, 3.05) is 11.9 Å². The van der Waals surface area contributed by atoms with Gasteiger partial charge in [-0.15, -0.1) is 0 Å². The Morgan fingerprint density at radius 2 is 1.85 bits per heavy atom. The molecule has 3 aromatic rings. The Balaban J connectivity index is 1.70. The second kappa shape index (κ2) is 7.79. The highest BCUT2D eigenvalue weighted by Gasteiger charge is 2.17. The number of nitrogens with one attached hydrogen (secondary N) is 2. The van der Waals surface area contributed by atoms with Crippen LogP contribution >= 0.6 is 0 Å². The molecule has 0 radical (unpaired) electrons. The Hall–Kier alpha value is -3.19. The highest BCUT2D eigenvalue weighted by molar-refractivity contribution is 5.92. The Morgan fingerprint density at radius 3 is 2.54 bits per heavy atom. The Bertz CT molecular complexity index is 945. The number of hydrogen-bond donors (Lipinski definition) is 2. The zero-order valence-corrected chi connectivity index (χ0v) is 14.8. The summed E-state index contributed by atoms with van der Waals surface area (Å²) in [6.45, 7) is 2.38. The number of carbonyl (C=O) groups excluding carboxylic acids is 1. The zero-order chi connectivity index (χ0) is 18.5. The van der Waals surface area contributed by atoms with Crippen LogP contribution in [0.3, 0.4) is 0 Å². The first-order chi connectivity index (χ1) is 12.6. The smallest absolute Gasteiger partial charge is 0.295 e. The number of carbonyl (C=O) groups is 1. The van der Waals surface area contributed by atoms with E-state index in [1.54, 1.807) is 24.9 Å². The van der Waals surface area contributed by atoms with E-state index in [0.717, 1.165) is 11.4 Å². The Kier molecular flexibility index (Phi) is 5.28. The van der Waals surface area contributed by atoms with Crippen LogP contribution in [0.4, 0.5) is 5.69 Å². The molecule has 0 atom stereocenters. The molecular formula is C19H21N5O2. The van der Waals surface area contributed by atoms with Crippen LogP contribution in [0.15, 0.2) is 59.5 Å². The number of rotatable bonds is 6. The molecule has 0 aliphatic rings. The van der Waals surface area contributed by atoms with Crippen LogP contribution in [0, 0.1) is 6.92 Å². The molecule has 1 aromatic carbocycles. The van der Waals surface area contributed by atoms with Gasteiger partial charge in [-0.05, 0) is 31.2 Å². The molecule has 0 unspecified atom stereocenters. The first-order valence-corrected chi connectivity index (χ1v) is 8.32. The van der Waals surface area contributed by atoms with E-state index in [2.05, 4.69) is 15.6 Å². The molecule has 0 saturated heterocycles. The number of anilines is 1. The van der Waals surface area contributed by atoms with Crippen LogP contribution < -0.4 is 16.2 Å². The normalized spacial score (nSPS) is 10.7. The monoisotopic (exact) mass is 351 g/mol. The van der Waals surface area contributed by atoms with Gasteiger partial charge in [-0.25, -0.2) is 4.68 Å². The van der Waals surface area contributed by atoms with Crippen molar-refractivity contribution in [3.8, 4) is 5.69 Å². The molecular weight excluding hydrogens is 330 g/mol. The average Bonchev–Trinajstić information content (AvgIpc) is 2.87. The summed E-state index contributed by atoms with van der Waals surface area (Å²) in [6.07, 6.45) is 1.70. The molecule has 0 fully saturated rings. The van der Waals surface area contributed by atoms with Gasteiger partial charge in [0, 0.05) is 19.8 Å². The number of amides is 1. The largest absolute Gasteiger partial charge is 0.319 e. The minimum Gasteiger partial charge on any atom is -0.319 e. The van der Waals surface area contributed by atoms with Crippen molar-refractivity contribution in [1.29, 1.82) is 0 Å². The number of hydrogen-bond acceptors (Lipinski definition) is 4. The summed E-state index contributed by atoms with van der Waals surface area (Å²) in [5.74, 6) is -0.271.